The van der Waals surface area contributed by atoms with Gasteiger partial charge in [0.15, 0.2) is 10.8 Å². The normalized spacial score (nSPS) is 10.3. The van der Waals surface area contributed by atoms with Crippen LogP contribution in [0.2, 0.25) is 0 Å². The van der Waals surface area contributed by atoms with Gasteiger partial charge < -0.3 is 20.7 Å². The lowest BCUT2D eigenvalue weighted by Crippen LogP contribution is -2.30. The van der Waals surface area contributed by atoms with Crippen LogP contribution in [0.15, 0.2) is 52.3 Å². The van der Waals surface area contributed by atoms with E-state index in [4.69, 9.17) is 17.0 Å². The summed E-state index contributed by atoms with van der Waals surface area (Å²) in [5.41, 5.74) is 2.95. The Hall–Kier alpha value is -2.56. The minimum atomic E-state index is -0.290. The smallest absolute Gasteiger partial charge is 0.277 e. The summed E-state index contributed by atoms with van der Waals surface area (Å²) in [6.07, 6.45) is 0.820. The Morgan fingerprint density at radius 2 is 1.90 bits per heavy atom. The summed E-state index contributed by atoms with van der Waals surface area (Å²) >= 11 is 9.96. The SMILES string of the molecule is COc1ccc(CCNC(=S)Nc2ccc(NC(=O)c3csnn3)cc2)cc1Br. The molecule has 0 saturated heterocycles. The molecule has 0 radical (unpaired) electrons. The molecule has 3 aromatic rings. The van der Waals surface area contributed by atoms with Gasteiger partial charge in [0.25, 0.3) is 5.91 Å². The molecule has 3 rings (SSSR count). The standard InChI is InChI=1S/C19H18BrN5O2S2/c1-27-17-7-2-12(10-15(17)20)8-9-21-19(28)23-14-5-3-13(4-6-14)22-18(26)16-11-29-25-24-16/h2-7,10-11H,8-9H2,1H3,(H,22,26)(H2,21,23,28). The fraction of sp³-hybridized carbons (Fsp3) is 0.158. The zero-order valence-corrected chi connectivity index (χ0v) is 18.7. The Morgan fingerprint density at radius 1 is 1.17 bits per heavy atom. The number of nitrogens with zero attached hydrogens (tertiary/aromatic N) is 2. The quantitative estimate of drug-likeness (QED) is 0.428. The van der Waals surface area contributed by atoms with Crippen LogP contribution in [-0.4, -0.2) is 34.3 Å². The third-order valence-electron chi connectivity index (χ3n) is 3.91. The van der Waals surface area contributed by atoms with E-state index < -0.39 is 0 Å². The first-order valence-corrected chi connectivity index (χ1v) is 10.6. The van der Waals surface area contributed by atoms with Crippen molar-refractivity contribution in [1.82, 2.24) is 14.9 Å². The predicted octanol–water partition coefficient (Wildman–Crippen LogP) is 4.09. The Kier molecular flexibility index (Phi) is 7.50. The minimum Gasteiger partial charge on any atom is -0.496 e. The van der Waals surface area contributed by atoms with Gasteiger partial charge in [-0.15, -0.1) is 5.10 Å². The van der Waals surface area contributed by atoms with Crippen molar-refractivity contribution in [2.24, 2.45) is 0 Å². The molecule has 0 saturated carbocycles. The number of carbonyl (C=O) groups excluding carboxylic acids is 1. The average molecular weight is 492 g/mol. The van der Waals surface area contributed by atoms with Gasteiger partial charge in [-0.05, 0) is 88.1 Å². The lowest BCUT2D eigenvalue weighted by Gasteiger charge is -2.12. The number of hydrogen-bond acceptors (Lipinski definition) is 6. The van der Waals surface area contributed by atoms with Gasteiger partial charge in [-0.25, -0.2) is 0 Å². The van der Waals surface area contributed by atoms with Crippen molar-refractivity contribution in [3.63, 3.8) is 0 Å². The summed E-state index contributed by atoms with van der Waals surface area (Å²) in [6.45, 7) is 0.695. The molecular formula is C19H18BrN5O2S2. The molecule has 0 aliphatic heterocycles. The van der Waals surface area contributed by atoms with Crippen LogP contribution in [0.3, 0.4) is 0 Å². The van der Waals surface area contributed by atoms with Crippen molar-refractivity contribution in [3.05, 3.63) is 63.6 Å². The molecule has 2 aromatic carbocycles. The number of hydrogen-bond donors (Lipinski definition) is 3. The zero-order chi connectivity index (χ0) is 20.6. The maximum atomic E-state index is 12.0. The van der Waals surface area contributed by atoms with Crippen LogP contribution in [0, 0.1) is 0 Å². The number of carbonyl (C=O) groups is 1. The largest absolute Gasteiger partial charge is 0.496 e. The first-order valence-electron chi connectivity index (χ1n) is 8.61. The molecule has 10 heteroatoms. The van der Waals surface area contributed by atoms with Gasteiger partial charge in [-0.2, -0.15) is 0 Å². The summed E-state index contributed by atoms with van der Waals surface area (Å²) in [6, 6.07) is 13.2. The molecule has 1 amide bonds. The molecule has 150 valence electrons. The summed E-state index contributed by atoms with van der Waals surface area (Å²) < 4.78 is 9.84. The molecule has 3 N–H and O–H groups in total. The maximum absolute atomic E-state index is 12.0. The summed E-state index contributed by atoms with van der Waals surface area (Å²) in [5, 5.41) is 14.9. The van der Waals surface area contributed by atoms with E-state index in [2.05, 4.69) is 41.5 Å². The van der Waals surface area contributed by atoms with Crippen LogP contribution >= 0.6 is 39.7 Å². The van der Waals surface area contributed by atoms with Crippen molar-refractivity contribution < 1.29 is 9.53 Å². The van der Waals surface area contributed by atoms with E-state index in [-0.39, 0.29) is 5.91 Å². The number of anilines is 2. The van der Waals surface area contributed by atoms with E-state index in [0.717, 1.165) is 33.9 Å². The zero-order valence-electron chi connectivity index (χ0n) is 15.4. The van der Waals surface area contributed by atoms with Crippen molar-refractivity contribution in [1.29, 1.82) is 0 Å². The third-order valence-corrected chi connectivity index (χ3v) is 5.28. The third kappa shape index (κ3) is 6.21. The molecule has 7 nitrogen and oxygen atoms in total. The Balaban J connectivity index is 1.44. The Bertz CT molecular complexity index is 981. The predicted molar refractivity (Wildman–Crippen MR) is 123 cm³/mol. The lowest BCUT2D eigenvalue weighted by molar-refractivity contribution is 0.102. The van der Waals surface area contributed by atoms with Crippen molar-refractivity contribution >= 4 is 62.1 Å². The van der Waals surface area contributed by atoms with E-state index >= 15 is 0 Å². The van der Waals surface area contributed by atoms with Gasteiger partial charge in [-0.1, -0.05) is 10.6 Å². The van der Waals surface area contributed by atoms with E-state index in [1.54, 1.807) is 24.6 Å². The highest BCUT2D eigenvalue weighted by atomic mass is 79.9. The van der Waals surface area contributed by atoms with Crippen molar-refractivity contribution in [3.8, 4) is 5.75 Å². The van der Waals surface area contributed by atoms with Gasteiger partial charge in [-0.3, -0.25) is 4.79 Å². The molecule has 29 heavy (non-hydrogen) atoms. The van der Waals surface area contributed by atoms with E-state index in [1.807, 2.05) is 30.3 Å². The van der Waals surface area contributed by atoms with Gasteiger partial charge in [0.1, 0.15) is 5.75 Å². The molecule has 1 aromatic heterocycles. The van der Waals surface area contributed by atoms with Crippen LogP contribution in [0.5, 0.6) is 5.75 Å². The molecule has 0 bridgehead atoms. The maximum Gasteiger partial charge on any atom is 0.277 e. The molecule has 0 spiro atoms. The number of rotatable bonds is 7. The van der Waals surface area contributed by atoms with Crippen LogP contribution in [0.4, 0.5) is 11.4 Å². The van der Waals surface area contributed by atoms with Crippen molar-refractivity contribution in [2.75, 3.05) is 24.3 Å². The molecule has 0 aliphatic rings. The number of thiocarbonyl (C=S) groups is 1. The van der Waals surface area contributed by atoms with Gasteiger partial charge in [0.2, 0.25) is 0 Å². The number of ether oxygens (including phenoxy) is 1. The van der Waals surface area contributed by atoms with Crippen LogP contribution in [0.1, 0.15) is 16.1 Å². The number of nitrogens with one attached hydrogen (secondary N) is 3. The van der Waals surface area contributed by atoms with E-state index in [9.17, 15) is 4.79 Å². The lowest BCUT2D eigenvalue weighted by atomic mass is 10.1. The minimum absolute atomic E-state index is 0.290. The van der Waals surface area contributed by atoms with Gasteiger partial charge in [0.05, 0.1) is 11.6 Å². The molecule has 0 aliphatic carbocycles. The number of halogens is 1. The van der Waals surface area contributed by atoms with Gasteiger partial charge >= 0.3 is 0 Å². The number of amides is 1. The Morgan fingerprint density at radius 3 is 2.52 bits per heavy atom. The van der Waals surface area contributed by atoms with Crippen LogP contribution in [0.25, 0.3) is 0 Å². The molecule has 0 unspecified atom stereocenters. The van der Waals surface area contributed by atoms with Crippen molar-refractivity contribution in [2.45, 2.75) is 6.42 Å². The highest BCUT2D eigenvalue weighted by Crippen LogP contribution is 2.25. The number of benzene rings is 2. The fourth-order valence-electron chi connectivity index (χ4n) is 2.46. The second kappa shape index (κ2) is 10.3. The monoisotopic (exact) mass is 491 g/mol. The summed E-state index contributed by atoms with van der Waals surface area (Å²) in [4.78, 5) is 12.0. The summed E-state index contributed by atoms with van der Waals surface area (Å²) in [7, 11) is 1.64. The second-order valence-electron chi connectivity index (χ2n) is 5.92. The van der Waals surface area contributed by atoms with E-state index in [1.165, 1.54) is 5.56 Å². The van der Waals surface area contributed by atoms with E-state index in [0.29, 0.717) is 23.0 Å². The molecule has 0 fully saturated rings. The highest BCUT2D eigenvalue weighted by Gasteiger charge is 2.09. The second-order valence-corrected chi connectivity index (χ2v) is 7.79. The first kappa shape index (κ1) is 21.2. The van der Waals surface area contributed by atoms with Crippen LogP contribution in [-0.2, 0) is 6.42 Å². The molecular weight excluding hydrogens is 474 g/mol. The molecule has 0 atom stereocenters. The molecule has 1 heterocycles. The number of aromatic nitrogens is 2. The first-order chi connectivity index (χ1) is 14.0. The average Bonchev–Trinajstić information content (AvgIpc) is 3.25. The Labute approximate surface area is 186 Å². The van der Waals surface area contributed by atoms with Gasteiger partial charge in [0, 0.05) is 23.3 Å². The fourth-order valence-corrected chi connectivity index (χ4v) is 3.70. The topological polar surface area (TPSA) is 88.2 Å². The number of methoxy groups -OCH3 is 1. The highest BCUT2D eigenvalue weighted by molar-refractivity contribution is 9.10. The van der Waals surface area contributed by atoms with Crippen LogP contribution < -0.4 is 20.7 Å². The summed E-state index contributed by atoms with van der Waals surface area (Å²) in [5.74, 6) is 0.517.